The lowest BCUT2D eigenvalue weighted by Gasteiger charge is -2.26. The second-order valence-corrected chi connectivity index (χ2v) is 12.4. The minimum Gasteiger partial charge on any atom is -0.310 e. The van der Waals surface area contributed by atoms with Crippen molar-refractivity contribution in [3.63, 3.8) is 0 Å². The molecule has 0 saturated carbocycles. The van der Waals surface area contributed by atoms with E-state index in [0.29, 0.717) is 0 Å². The lowest BCUT2D eigenvalue weighted by atomic mass is 10.1. The molecule has 0 aliphatic carbocycles. The van der Waals surface area contributed by atoms with Gasteiger partial charge in [0, 0.05) is 43.1 Å². The van der Waals surface area contributed by atoms with Gasteiger partial charge in [-0.2, -0.15) is 0 Å². The van der Waals surface area contributed by atoms with Crippen LogP contribution in [0.2, 0.25) is 0 Å². The predicted octanol–water partition coefficient (Wildman–Crippen LogP) is 13.1. The van der Waals surface area contributed by atoms with Crippen LogP contribution in [-0.4, -0.2) is 0 Å². The first kappa shape index (κ1) is 31.3. The van der Waals surface area contributed by atoms with Crippen molar-refractivity contribution in [1.82, 2.24) is 0 Å². The number of halogens is 2. The minimum atomic E-state index is 1.16. The van der Waals surface area contributed by atoms with Gasteiger partial charge in [0.15, 0.2) is 0 Å². The third kappa shape index (κ3) is 7.32. The first-order valence-electron chi connectivity index (χ1n) is 14.7. The Hall–Kier alpha value is -4.12. The summed E-state index contributed by atoms with van der Waals surface area (Å²) in [6, 6.07) is 50.8. The van der Waals surface area contributed by atoms with Crippen molar-refractivity contribution in [3.8, 4) is 0 Å². The fraction of sp³-hybridized carbons (Fsp3) is 0.100. The summed E-state index contributed by atoms with van der Waals surface area (Å²) in [7, 11) is 0. The van der Waals surface area contributed by atoms with Crippen LogP contribution in [0.25, 0.3) is 0 Å². The molecule has 6 aromatic carbocycles. The van der Waals surface area contributed by atoms with Gasteiger partial charge in [0.1, 0.15) is 0 Å². The molecule has 0 aromatic heterocycles. The number of rotatable bonds is 6. The molecule has 4 heteroatoms. The van der Waals surface area contributed by atoms with Crippen molar-refractivity contribution in [3.05, 3.63) is 177 Å². The molecule has 0 spiro atoms. The summed E-state index contributed by atoms with van der Waals surface area (Å²) >= 11 is 7.31. The van der Waals surface area contributed by atoms with E-state index in [1.165, 1.54) is 42.6 Å². The van der Waals surface area contributed by atoms with Crippen molar-refractivity contribution >= 4 is 66.0 Å². The molecule has 0 N–H and O–H groups in total. The fourth-order valence-electron chi connectivity index (χ4n) is 5.31. The van der Waals surface area contributed by atoms with Gasteiger partial charge in [0.2, 0.25) is 0 Å². The summed E-state index contributed by atoms with van der Waals surface area (Å²) in [6.07, 6.45) is 0. The molecule has 0 fully saturated rings. The molecule has 0 amide bonds. The summed E-state index contributed by atoms with van der Waals surface area (Å²) in [5, 5.41) is 0. The number of anilines is 6. The van der Waals surface area contributed by atoms with E-state index in [0.717, 1.165) is 22.7 Å². The van der Waals surface area contributed by atoms with Gasteiger partial charge in [-0.15, -0.1) is 0 Å². The van der Waals surface area contributed by atoms with Crippen LogP contribution in [0.3, 0.4) is 0 Å². The van der Waals surface area contributed by atoms with Gasteiger partial charge in [0.25, 0.3) is 0 Å². The van der Waals surface area contributed by atoms with Crippen molar-refractivity contribution in [2.45, 2.75) is 27.7 Å². The first-order chi connectivity index (χ1) is 21.3. The molecule has 44 heavy (non-hydrogen) atoms. The van der Waals surface area contributed by atoms with Crippen LogP contribution in [0.5, 0.6) is 0 Å². The maximum absolute atomic E-state index is 3.66. The van der Waals surface area contributed by atoms with E-state index in [-0.39, 0.29) is 0 Å². The molecule has 0 saturated heterocycles. The van der Waals surface area contributed by atoms with Gasteiger partial charge < -0.3 is 9.80 Å². The summed E-state index contributed by atoms with van der Waals surface area (Å²) in [5.41, 5.74) is 12.0. The number of hydrogen-bond acceptors (Lipinski definition) is 2. The third-order valence-corrected chi connectivity index (χ3v) is 9.92. The van der Waals surface area contributed by atoms with Gasteiger partial charge in [-0.3, -0.25) is 0 Å². The van der Waals surface area contributed by atoms with Crippen LogP contribution in [0, 0.1) is 27.7 Å². The number of benzene rings is 6. The monoisotopic (exact) mass is 702 g/mol. The molecule has 0 atom stereocenters. The van der Waals surface area contributed by atoms with Crippen molar-refractivity contribution in [2.24, 2.45) is 0 Å². The van der Waals surface area contributed by atoms with Crippen LogP contribution < -0.4 is 9.80 Å². The Kier molecular flexibility index (Phi) is 10.4. The summed E-state index contributed by atoms with van der Waals surface area (Å²) < 4.78 is 2.36. The second kappa shape index (κ2) is 14.6. The van der Waals surface area contributed by atoms with Crippen LogP contribution >= 0.6 is 31.9 Å². The van der Waals surface area contributed by atoms with E-state index >= 15 is 0 Å². The molecule has 0 aliphatic rings. The van der Waals surface area contributed by atoms with E-state index in [9.17, 15) is 0 Å². The highest BCUT2D eigenvalue weighted by Crippen LogP contribution is 2.38. The Morgan fingerprint density at radius 3 is 0.727 bits per heavy atom. The van der Waals surface area contributed by atoms with Crippen molar-refractivity contribution in [2.75, 3.05) is 9.80 Å². The van der Waals surface area contributed by atoms with Gasteiger partial charge in [0.05, 0.1) is 0 Å². The van der Waals surface area contributed by atoms with Gasteiger partial charge >= 0.3 is 0 Å². The normalized spacial score (nSPS) is 10.5. The zero-order valence-electron chi connectivity index (χ0n) is 25.5. The topological polar surface area (TPSA) is 6.48 Å². The quantitative estimate of drug-likeness (QED) is 0.170. The average molecular weight is 705 g/mol. The zero-order valence-corrected chi connectivity index (χ0v) is 28.7. The first-order valence-corrected chi connectivity index (χ1v) is 16.3. The number of hydrogen-bond donors (Lipinski definition) is 0. The smallest absolute Gasteiger partial charge is 0.0467 e. The molecular formula is C40H36Br2N2. The average Bonchev–Trinajstić information content (AvgIpc) is 3.05. The molecule has 0 aliphatic heterocycles. The fourth-order valence-corrected chi connectivity index (χ4v) is 5.76. The Labute approximate surface area is 278 Å². The number of para-hydroxylation sites is 4. The highest BCUT2D eigenvalue weighted by atomic mass is 79.9. The maximum atomic E-state index is 3.66. The molecule has 220 valence electrons. The largest absolute Gasteiger partial charge is 0.310 e. The Morgan fingerprint density at radius 2 is 0.523 bits per heavy atom. The van der Waals surface area contributed by atoms with E-state index in [1.807, 2.05) is 24.3 Å². The zero-order chi connectivity index (χ0) is 31.1. The predicted molar refractivity (Wildman–Crippen MR) is 197 cm³/mol. The van der Waals surface area contributed by atoms with Gasteiger partial charge in [-0.1, -0.05) is 105 Å². The second-order valence-electron chi connectivity index (χ2n) is 10.8. The van der Waals surface area contributed by atoms with Crippen LogP contribution in [0.15, 0.2) is 155 Å². The van der Waals surface area contributed by atoms with Gasteiger partial charge in [-0.25, -0.2) is 0 Å². The van der Waals surface area contributed by atoms with Crippen LogP contribution in [0.1, 0.15) is 22.3 Å². The van der Waals surface area contributed by atoms with Crippen molar-refractivity contribution < 1.29 is 0 Å². The molecule has 0 bridgehead atoms. The lowest BCUT2D eigenvalue weighted by molar-refractivity contribution is 1.24. The van der Waals surface area contributed by atoms with E-state index in [1.54, 1.807) is 0 Å². The number of aryl methyl sites for hydroxylation is 4. The summed E-state index contributed by atoms with van der Waals surface area (Å²) in [6.45, 7) is 8.53. The Bertz CT molecular complexity index is 1540. The Morgan fingerprint density at radius 1 is 0.318 bits per heavy atom. The molecule has 0 heterocycles. The highest BCUT2D eigenvalue weighted by molar-refractivity contribution is 9.10. The third-order valence-electron chi connectivity index (χ3n) is 7.42. The molecule has 6 rings (SSSR count). The summed E-state index contributed by atoms with van der Waals surface area (Å²) in [4.78, 5) is 4.57. The molecule has 2 nitrogen and oxygen atoms in total. The van der Waals surface area contributed by atoms with E-state index in [4.69, 9.17) is 0 Å². The SMILES string of the molecule is Cc1cc(N(c2ccccc2)c2ccccc2)cc(C)c1Br.Cc1cc(N(c2ccccc2)c2ccccc2)cc(C)c1Br. The number of nitrogens with zero attached hydrogens (tertiary/aromatic N) is 2. The maximum Gasteiger partial charge on any atom is 0.0467 e. The highest BCUT2D eigenvalue weighted by Gasteiger charge is 2.15. The Balaban J connectivity index is 0.000000175. The minimum absolute atomic E-state index is 1.16. The van der Waals surface area contributed by atoms with Crippen LogP contribution in [-0.2, 0) is 0 Å². The van der Waals surface area contributed by atoms with E-state index in [2.05, 4.69) is 191 Å². The molecule has 6 aromatic rings. The van der Waals surface area contributed by atoms with Crippen molar-refractivity contribution in [1.29, 1.82) is 0 Å². The summed E-state index contributed by atoms with van der Waals surface area (Å²) in [5.74, 6) is 0. The molecule has 0 unspecified atom stereocenters. The van der Waals surface area contributed by atoms with Crippen LogP contribution in [0.4, 0.5) is 34.1 Å². The van der Waals surface area contributed by atoms with Gasteiger partial charge in [-0.05, 0) is 123 Å². The standard InChI is InChI=1S/2C20H18BrN/c2*1-15-13-19(14-16(2)20(15)21)22(17-9-5-3-6-10-17)18-11-7-4-8-12-18/h2*3-14H,1-2H3. The molecule has 0 radical (unpaired) electrons. The molecular weight excluding hydrogens is 668 g/mol. The van der Waals surface area contributed by atoms with E-state index < -0.39 is 0 Å². The lowest BCUT2D eigenvalue weighted by Crippen LogP contribution is -2.10.